The molecule has 0 fully saturated rings. The SMILES string of the molecule is NC(CSc1cccc(Cl)c1)c1cnc2ccccc2c1. The van der Waals surface area contributed by atoms with E-state index in [1.165, 1.54) is 0 Å². The second-order valence-corrected chi connectivity index (χ2v) is 6.37. The van der Waals surface area contributed by atoms with Crippen LogP contribution in [0.1, 0.15) is 11.6 Å². The standard InChI is InChI=1S/C17H15ClN2S/c18-14-5-3-6-15(9-14)21-11-16(19)13-8-12-4-1-2-7-17(12)20-10-13/h1-10,16H,11,19H2. The topological polar surface area (TPSA) is 38.9 Å². The molecule has 2 aromatic carbocycles. The molecule has 0 radical (unpaired) electrons. The lowest BCUT2D eigenvalue weighted by Gasteiger charge is -2.12. The van der Waals surface area contributed by atoms with Crippen molar-refractivity contribution in [3.8, 4) is 0 Å². The lowest BCUT2D eigenvalue weighted by atomic mass is 10.1. The summed E-state index contributed by atoms with van der Waals surface area (Å²) in [5.74, 6) is 0.792. The molecule has 0 bridgehead atoms. The summed E-state index contributed by atoms with van der Waals surface area (Å²) in [6.07, 6.45) is 1.87. The molecule has 3 aromatic rings. The summed E-state index contributed by atoms with van der Waals surface area (Å²) >= 11 is 7.69. The van der Waals surface area contributed by atoms with Crippen molar-refractivity contribution in [1.82, 2.24) is 4.98 Å². The highest BCUT2D eigenvalue weighted by molar-refractivity contribution is 7.99. The van der Waals surface area contributed by atoms with Gasteiger partial charge in [0.15, 0.2) is 0 Å². The summed E-state index contributed by atoms with van der Waals surface area (Å²) in [4.78, 5) is 5.59. The van der Waals surface area contributed by atoms with Crippen molar-refractivity contribution in [3.05, 3.63) is 71.4 Å². The molecule has 21 heavy (non-hydrogen) atoms. The molecule has 0 saturated heterocycles. The quantitative estimate of drug-likeness (QED) is 0.711. The van der Waals surface area contributed by atoms with Gasteiger partial charge in [0.1, 0.15) is 0 Å². The van der Waals surface area contributed by atoms with E-state index in [1.54, 1.807) is 11.8 Å². The number of rotatable bonds is 4. The number of benzene rings is 2. The average molecular weight is 315 g/mol. The molecule has 1 aromatic heterocycles. The van der Waals surface area contributed by atoms with E-state index in [-0.39, 0.29) is 6.04 Å². The Morgan fingerprint density at radius 1 is 1.10 bits per heavy atom. The summed E-state index contributed by atoms with van der Waals surface area (Å²) in [6, 6.07) is 18.0. The van der Waals surface area contributed by atoms with Crippen molar-refractivity contribution >= 4 is 34.3 Å². The van der Waals surface area contributed by atoms with Crippen molar-refractivity contribution in [3.63, 3.8) is 0 Å². The van der Waals surface area contributed by atoms with E-state index in [0.717, 1.165) is 32.1 Å². The first-order valence-electron chi connectivity index (χ1n) is 6.71. The van der Waals surface area contributed by atoms with E-state index in [2.05, 4.69) is 17.1 Å². The Hall–Kier alpha value is -1.55. The predicted molar refractivity (Wildman–Crippen MR) is 90.8 cm³/mol. The third-order valence-corrected chi connectivity index (χ3v) is 4.61. The summed E-state index contributed by atoms with van der Waals surface area (Å²) in [5.41, 5.74) is 8.33. The molecule has 3 rings (SSSR count). The Balaban J connectivity index is 1.73. The number of hydrogen-bond acceptors (Lipinski definition) is 3. The third kappa shape index (κ3) is 3.56. The van der Waals surface area contributed by atoms with Gasteiger partial charge in [0.25, 0.3) is 0 Å². The van der Waals surface area contributed by atoms with E-state index in [0.29, 0.717) is 0 Å². The minimum atomic E-state index is -0.0499. The highest BCUT2D eigenvalue weighted by atomic mass is 35.5. The number of hydrogen-bond donors (Lipinski definition) is 1. The summed E-state index contributed by atoms with van der Waals surface area (Å²) in [7, 11) is 0. The van der Waals surface area contributed by atoms with Crippen molar-refractivity contribution in [1.29, 1.82) is 0 Å². The Labute approximate surface area is 133 Å². The smallest absolute Gasteiger partial charge is 0.0702 e. The van der Waals surface area contributed by atoms with E-state index >= 15 is 0 Å². The number of aromatic nitrogens is 1. The van der Waals surface area contributed by atoms with Gasteiger partial charge in [-0.3, -0.25) is 4.98 Å². The maximum absolute atomic E-state index is 6.28. The van der Waals surface area contributed by atoms with Gasteiger partial charge in [-0.2, -0.15) is 0 Å². The minimum Gasteiger partial charge on any atom is -0.323 e. The van der Waals surface area contributed by atoms with Gasteiger partial charge in [0.05, 0.1) is 5.52 Å². The zero-order valence-electron chi connectivity index (χ0n) is 11.4. The molecular weight excluding hydrogens is 300 g/mol. The van der Waals surface area contributed by atoms with Crippen LogP contribution in [-0.4, -0.2) is 10.7 Å². The number of nitrogens with zero attached hydrogens (tertiary/aromatic N) is 1. The highest BCUT2D eigenvalue weighted by Crippen LogP contribution is 2.26. The molecule has 0 aliphatic carbocycles. The van der Waals surface area contributed by atoms with Crippen LogP contribution >= 0.6 is 23.4 Å². The molecule has 1 heterocycles. The van der Waals surface area contributed by atoms with Gasteiger partial charge in [0, 0.05) is 33.3 Å². The normalized spacial score (nSPS) is 12.5. The van der Waals surface area contributed by atoms with Crippen LogP contribution in [0.4, 0.5) is 0 Å². The largest absolute Gasteiger partial charge is 0.323 e. The van der Waals surface area contributed by atoms with Gasteiger partial charge >= 0.3 is 0 Å². The number of pyridine rings is 1. The van der Waals surface area contributed by atoms with Crippen LogP contribution in [0.25, 0.3) is 10.9 Å². The molecule has 0 spiro atoms. The molecule has 0 aliphatic rings. The first-order valence-corrected chi connectivity index (χ1v) is 8.07. The van der Waals surface area contributed by atoms with Gasteiger partial charge in [0.2, 0.25) is 0 Å². The fourth-order valence-electron chi connectivity index (χ4n) is 2.13. The van der Waals surface area contributed by atoms with Gasteiger partial charge in [-0.1, -0.05) is 35.9 Å². The fourth-order valence-corrected chi connectivity index (χ4v) is 3.33. The Morgan fingerprint density at radius 2 is 1.95 bits per heavy atom. The fraction of sp³-hybridized carbons (Fsp3) is 0.118. The third-order valence-electron chi connectivity index (χ3n) is 3.27. The molecule has 0 aliphatic heterocycles. The number of fused-ring (bicyclic) bond motifs is 1. The Morgan fingerprint density at radius 3 is 2.81 bits per heavy atom. The van der Waals surface area contributed by atoms with Gasteiger partial charge in [-0.25, -0.2) is 0 Å². The van der Waals surface area contributed by atoms with Gasteiger partial charge < -0.3 is 5.73 Å². The van der Waals surface area contributed by atoms with E-state index < -0.39 is 0 Å². The molecule has 0 amide bonds. The number of para-hydroxylation sites is 1. The molecule has 1 atom stereocenters. The predicted octanol–water partition coefficient (Wildman–Crippen LogP) is 4.68. The van der Waals surface area contributed by atoms with Crippen LogP contribution in [0.15, 0.2) is 65.7 Å². The molecule has 2 nitrogen and oxygen atoms in total. The summed E-state index contributed by atoms with van der Waals surface area (Å²) in [5, 5.41) is 1.87. The van der Waals surface area contributed by atoms with Crippen LogP contribution in [-0.2, 0) is 0 Å². The van der Waals surface area contributed by atoms with E-state index in [9.17, 15) is 0 Å². The maximum Gasteiger partial charge on any atom is 0.0702 e. The minimum absolute atomic E-state index is 0.0499. The van der Waals surface area contributed by atoms with Crippen molar-refractivity contribution < 1.29 is 0 Å². The van der Waals surface area contributed by atoms with Crippen LogP contribution in [0.3, 0.4) is 0 Å². The summed E-state index contributed by atoms with van der Waals surface area (Å²) < 4.78 is 0. The molecule has 2 N–H and O–H groups in total. The molecule has 1 unspecified atom stereocenters. The molecular formula is C17H15ClN2S. The monoisotopic (exact) mass is 314 g/mol. The lowest BCUT2D eigenvalue weighted by Crippen LogP contribution is -2.13. The zero-order chi connectivity index (χ0) is 14.7. The molecule has 106 valence electrons. The maximum atomic E-state index is 6.28. The number of nitrogens with two attached hydrogens (primary N) is 1. The highest BCUT2D eigenvalue weighted by Gasteiger charge is 2.08. The second-order valence-electron chi connectivity index (χ2n) is 4.84. The van der Waals surface area contributed by atoms with Crippen LogP contribution in [0.5, 0.6) is 0 Å². The summed E-state index contributed by atoms with van der Waals surface area (Å²) in [6.45, 7) is 0. The van der Waals surface area contributed by atoms with E-state index in [4.69, 9.17) is 17.3 Å². The zero-order valence-corrected chi connectivity index (χ0v) is 12.9. The van der Waals surface area contributed by atoms with Crippen LogP contribution in [0, 0.1) is 0 Å². The Kier molecular flexibility index (Phi) is 4.44. The second kappa shape index (κ2) is 6.48. The van der Waals surface area contributed by atoms with Gasteiger partial charge in [-0.05, 0) is 35.9 Å². The first kappa shape index (κ1) is 14.4. The van der Waals surface area contributed by atoms with Crippen molar-refractivity contribution in [2.45, 2.75) is 10.9 Å². The molecule has 4 heteroatoms. The van der Waals surface area contributed by atoms with Crippen LogP contribution in [0.2, 0.25) is 5.02 Å². The van der Waals surface area contributed by atoms with Crippen molar-refractivity contribution in [2.24, 2.45) is 5.73 Å². The first-order chi connectivity index (χ1) is 10.2. The van der Waals surface area contributed by atoms with Crippen molar-refractivity contribution in [2.75, 3.05) is 5.75 Å². The number of thioether (sulfide) groups is 1. The molecule has 0 saturated carbocycles. The Bertz CT molecular complexity index is 760. The lowest BCUT2D eigenvalue weighted by molar-refractivity contribution is 0.827. The average Bonchev–Trinajstić information content (AvgIpc) is 2.52. The number of halogens is 1. The van der Waals surface area contributed by atoms with E-state index in [1.807, 2.05) is 48.7 Å². The van der Waals surface area contributed by atoms with Gasteiger partial charge in [-0.15, -0.1) is 11.8 Å². The van der Waals surface area contributed by atoms with Crippen LogP contribution < -0.4 is 5.73 Å².